The normalized spacial score (nSPS) is 12.2. The highest BCUT2D eigenvalue weighted by Crippen LogP contribution is 2.17. The van der Waals surface area contributed by atoms with Crippen LogP contribution in [0.5, 0.6) is 11.5 Å². The number of β-amino-alcohol motifs (C(OH)–C–C–N with tert-alkyl or cyclic N) is 1. The molecule has 2 aromatic rings. The van der Waals surface area contributed by atoms with E-state index in [1.54, 1.807) is 31.4 Å². The maximum atomic E-state index is 10.1. The monoisotopic (exact) mass is 399 g/mol. The summed E-state index contributed by atoms with van der Waals surface area (Å²) in [5.41, 5.74) is 1.07. The third kappa shape index (κ3) is 7.83. The Morgan fingerprint density at radius 1 is 1.04 bits per heavy atom. The molecular weight excluding hydrogens is 373 g/mol. The van der Waals surface area contributed by atoms with Gasteiger partial charge in [-0.2, -0.15) is 0 Å². The van der Waals surface area contributed by atoms with Crippen LogP contribution in [0.4, 0.5) is 0 Å². The van der Waals surface area contributed by atoms with Gasteiger partial charge in [-0.25, -0.2) is 0 Å². The molecule has 26 heavy (non-hydrogen) atoms. The van der Waals surface area contributed by atoms with Crippen molar-refractivity contribution in [3.63, 3.8) is 0 Å². The van der Waals surface area contributed by atoms with Crippen LogP contribution >= 0.6 is 24.0 Å². The zero-order chi connectivity index (χ0) is 18.3. The number of hydrogen-bond donors (Lipinski definition) is 2. The third-order valence-corrected chi connectivity index (χ3v) is 4.13. The highest BCUT2D eigenvalue weighted by Gasteiger charge is 2.19. The Labute approximate surface area is 166 Å². The molecule has 0 aromatic heterocycles. The molecule has 0 amide bonds. The van der Waals surface area contributed by atoms with Crippen LogP contribution in [0.2, 0.25) is 5.02 Å². The van der Waals surface area contributed by atoms with Crippen molar-refractivity contribution >= 4 is 24.0 Å². The predicted octanol–water partition coefficient (Wildman–Crippen LogP) is 4.12. The van der Waals surface area contributed by atoms with Crippen LogP contribution in [0.1, 0.15) is 19.4 Å². The van der Waals surface area contributed by atoms with Crippen molar-refractivity contribution in [2.75, 3.05) is 20.3 Å². The molecule has 0 spiro atoms. The summed E-state index contributed by atoms with van der Waals surface area (Å²) < 4.78 is 10.7. The van der Waals surface area contributed by atoms with E-state index in [0.717, 1.165) is 12.2 Å². The number of benzene rings is 2. The number of halogens is 2. The molecule has 0 aliphatic heterocycles. The summed E-state index contributed by atoms with van der Waals surface area (Å²) in [6.45, 7) is 4.91. The zero-order valence-electron chi connectivity index (χ0n) is 15.4. The summed E-state index contributed by atoms with van der Waals surface area (Å²) in [7, 11) is 1.66. The van der Waals surface area contributed by atoms with Crippen LogP contribution in [-0.4, -0.2) is 37.0 Å². The molecule has 0 saturated heterocycles. The van der Waals surface area contributed by atoms with Crippen molar-refractivity contribution in [3.8, 4) is 11.5 Å². The molecule has 0 bridgehead atoms. The van der Waals surface area contributed by atoms with Gasteiger partial charge in [0.05, 0.1) is 7.11 Å². The molecule has 6 heteroatoms. The minimum atomic E-state index is -0.592. The number of aliphatic hydroxyl groups excluding tert-OH is 1. The first-order valence-corrected chi connectivity index (χ1v) is 8.70. The molecular formula is C20H27Cl2NO3. The Morgan fingerprint density at radius 3 is 2.19 bits per heavy atom. The molecule has 0 heterocycles. The van der Waals surface area contributed by atoms with Crippen molar-refractivity contribution in [3.05, 3.63) is 59.1 Å². The van der Waals surface area contributed by atoms with E-state index in [2.05, 4.69) is 31.3 Å². The average molecular weight is 400 g/mol. The molecule has 144 valence electrons. The van der Waals surface area contributed by atoms with Gasteiger partial charge in [0.25, 0.3) is 0 Å². The van der Waals surface area contributed by atoms with Crippen LogP contribution < -0.4 is 14.8 Å². The van der Waals surface area contributed by atoms with Crippen molar-refractivity contribution in [2.45, 2.75) is 31.9 Å². The van der Waals surface area contributed by atoms with E-state index in [1.165, 1.54) is 5.56 Å². The Balaban J connectivity index is 0.00000338. The molecule has 4 nitrogen and oxygen atoms in total. The minimum Gasteiger partial charge on any atom is -0.497 e. The molecule has 0 radical (unpaired) electrons. The molecule has 1 atom stereocenters. The van der Waals surface area contributed by atoms with Gasteiger partial charge in [-0.05, 0) is 62.2 Å². The van der Waals surface area contributed by atoms with Gasteiger partial charge in [0, 0.05) is 17.1 Å². The van der Waals surface area contributed by atoms with Gasteiger partial charge in [0.15, 0.2) is 0 Å². The lowest BCUT2D eigenvalue weighted by molar-refractivity contribution is 0.0988. The van der Waals surface area contributed by atoms with E-state index in [0.29, 0.717) is 17.3 Å². The first kappa shape index (κ1) is 22.6. The lowest BCUT2D eigenvalue weighted by atomic mass is 9.94. The van der Waals surface area contributed by atoms with Crippen molar-refractivity contribution in [2.24, 2.45) is 0 Å². The van der Waals surface area contributed by atoms with E-state index >= 15 is 0 Å². The lowest BCUT2D eigenvalue weighted by Crippen LogP contribution is -2.46. The number of nitrogens with one attached hydrogen (secondary N) is 1. The van der Waals surface area contributed by atoms with Gasteiger partial charge in [-0.1, -0.05) is 23.7 Å². The largest absolute Gasteiger partial charge is 0.497 e. The third-order valence-electron chi connectivity index (χ3n) is 3.88. The van der Waals surface area contributed by atoms with Crippen molar-refractivity contribution < 1.29 is 14.6 Å². The van der Waals surface area contributed by atoms with Crippen molar-refractivity contribution in [1.82, 2.24) is 5.32 Å². The summed E-state index contributed by atoms with van der Waals surface area (Å²) in [6, 6.07) is 15.1. The second kappa shape index (κ2) is 10.6. The fourth-order valence-electron chi connectivity index (χ4n) is 2.49. The van der Waals surface area contributed by atoms with Gasteiger partial charge in [0.1, 0.15) is 24.2 Å². The van der Waals surface area contributed by atoms with E-state index in [1.807, 2.05) is 12.1 Å². The van der Waals surface area contributed by atoms with Crippen LogP contribution in [0.15, 0.2) is 48.5 Å². The topological polar surface area (TPSA) is 50.7 Å². The van der Waals surface area contributed by atoms with E-state index in [9.17, 15) is 5.11 Å². The van der Waals surface area contributed by atoms with Crippen LogP contribution in [-0.2, 0) is 6.42 Å². The Bertz CT molecular complexity index is 645. The standard InChI is InChI=1S/C20H26ClNO3.ClH/c1-20(2,12-15-4-8-18(24-3)9-5-15)22-13-17(23)14-25-19-10-6-16(21)7-11-19;/h4-11,17,22-23H,12-14H2,1-3H3;1H. The number of methoxy groups -OCH3 is 1. The number of ether oxygens (including phenoxy) is 2. The molecule has 0 fully saturated rings. The molecule has 2 aromatic carbocycles. The van der Waals surface area contributed by atoms with Gasteiger partial charge in [-0.3, -0.25) is 0 Å². The zero-order valence-corrected chi connectivity index (χ0v) is 16.9. The number of hydrogen-bond acceptors (Lipinski definition) is 4. The second-order valence-electron chi connectivity index (χ2n) is 6.71. The second-order valence-corrected chi connectivity index (χ2v) is 7.14. The smallest absolute Gasteiger partial charge is 0.119 e. The summed E-state index contributed by atoms with van der Waals surface area (Å²) in [5.74, 6) is 1.55. The highest BCUT2D eigenvalue weighted by atomic mass is 35.5. The first-order valence-electron chi connectivity index (χ1n) is 8.32. The molecule has 2 rings (SSSR count). The fraction of sp³-hybridized carbons (Fsp3) is 0.400. The molecule has 1 unspecified atom stereocenters. The first-order chi connectivity index (χ1) is 11.9. The summed E-state index contributed by atoms with van der Waals surface area (Å²) >= 11 is 5.84. The number of aliphatic hydroxyl groups is 1. The van der Waals surface area contributed by atoms with Gasteiger partial charge in [-0.15, -0.1) is 12.4 Å². The van der Waals surface area contributed by atoms with Gasteiger partial charge < -0.3 is 19.9 Å². The van der Waals surface area contributed by atoms with E-state index in [-0.39, 0.29) is 24.6 Å². The van der Waals surface area contributed by atoms with Gasteiger partial charge in [0.2, 0.25) is 0 Å². The lowest BCUT2D eigenvalue weighted by Gasteiger charge is -2.28. The average Bonchev–Trinajstić information content (AvgIpc) is 2.60. The Morgan fingerprint density at radius 2 is 1.62 bits per heavy atom. The summed E-state index contributed by atoms with van der Waals surface area (Å²) in [6.07, 6.45) is 0.257. The minimum absolute atomic E-state index is 0. The summed E-state index contributed by atoms with van der Waals surface area (Å²) in [4.78, 5) is 0. The quantitative estimate of drug-likeness (QED) is 0.665. The van der Waals surface area contributed by atoms with Gasteiger partial charge >= 0.3 is 0 Å². The maximum Gasteiger partial charge on any atom is 0.119 e. The molecule has 0 aliphatic carbocycles. The van der Waals surface area contributed by atoms with Crippen molar-refractivity contribution in [1.29, 1.82) is 0 Å². The SMILES string of the molecule is COc1ccc(CC(C)(C)NCC(O)COc2ccc(Cl)cc2)cc1.Cl. The molecule has 2 N–H and O–H groups in total. The van der Waals surface area contributed by atoms with Crippen LogP contribution in [0.3, 0.4) is 0 Å². The fourth-order valence-corrected chi connectivity index (χ4v) is 2.62. The highest BCUT2D eigenvalue weighted by molar-refractivity contribution is 6.30. The summed E-state index contributed by atoms with van der Waals surface area (Å²) in [5, 5.41) is 14.2. The molecule has 0 aliphatic rings. The predicted molar refractivity (Wildman–Crippen MR) is 109 cm³/mol. The molecule has 0 saturated carbocycles. The van der Waals surface area contributed by atoms with E-state index < -0.39 is 6.10 Å². The Kier molecular flexibility index (Phi) is 9.23. The van der Waals surface area contributed by atoms with Crippen LogP contribution in [0, 0.1) is 0 Å². The van der Waals surface area contributed by atoms with Crippen LogP contribution in [0.25, 0.3) is 0 Å². The Hall–Kier alpha value is -1.46. The van der Waals surface area contributed by atoms with E-state index in [4.69, 9.17) is 21.1 Å². The maximum absolute atomic E-state index is 10.1. The number of rotatable bonds is 9.